The molecule has 0 aliphatic carbocycles. The van der Waals surface area contributed by atoms with Crippen molar-refractivity contribution in [1.29, 1.82) is 0 Å². The first-order valence-electron chi connectivity index (χ1n) is 7.31. The normalized spacial score (nSPS) is 18.2. The van der Waals surface area contributed by atoms with Crippen LogP contribution in [0.4, 0.5) is 0 Å². The maximum Gasteiger partial charge on any atom is 0.303 e. The number of unbranched alkanes of at least 4 members (excludes halogenated alkanes) is 1. The first kappa shape index (κ1) is 17.8. The van der Waals surface area contributed by atoms with Crippen LogP contribution >= 0.6 is 12.4 Å². The molecule has 1 unspecified atom stereocenters. The van der Waals surface area contributed by atoms with E-state index in [0.717, 1.165) is 38.1 Å². The lowest BCUT2D eigenvalue weighted by Crippen LogP contribution is -2.24. The van der Waals surface area contributed by atoms with Crippen molar-refractivity contribution < 1.29 is 14.6 Å². The summed E-state index contributed by atoms with van der Waals surface area (Å²) in [5.74, 6) is 0.252. The Kier molecular flexibility index (Phi) is 7.54. The van der Waals surface area contributed by atoms with Crippen molar-refractivity contribution in [3.05, 3.63) is 29.8 Å². The molecule has 1 heterocycles. The van der Waals surface area contributed by atoms with E-state index in [4.69, 9.17) is 9.84 Å². The van der Waals surface area contributed by atoms with Gasteiger partial charge in [0.2, 0.25) is 0 Å². The van der Waals surface area contributed by atoms with E-state index in [1.807, 2.05) is 12.1 Å². The first-order valence-corrected chi connectivity index (χ1v) is 7.31. The van der Waals surface area contributed by atoms with Gasteiger partial charge < -0.3 is 9.84 Å². The van der Waals surface area contributed by atoms with Crippen molar-refractivity contribution in [2.45, 2.75) is 38.1 Å². The fraction of sp³-hybridized carbons (Fsp3) is 0.562. The topological polar surface area (TPSA) is 49.8 Å². The predicted octanol–water partition coefficient (Wildman–Crippen LogP) is 3.51. The molecule has 1 saturated heterocycles. The molecule has 0 aromatic heterocycles. The average Bonchev–Trinajstić information content (AvgIpc) is 2.91. The van der Waals surface area contributed by atoms with E-state index >= 15 is 0 Å². The largest absolute Gasteiger partial charge is 0.496 e. The van der Waals surface area contributed by atoms with Crippen LogP contribution in [-0.4, -0.2) is 36.2 Å². The summed E-state index contributed by atoms with van der Waals surface area (Å²) < 4.78 is 5.46. The van der Waals surface area contributed by atoms with Crippen LogP contribution in [0.5, 0.6) is 5.75 Å². The number of benzene rings is 1. The molecular formula is C16H24ClNO3. The number of carboxylic acid groups (broad SMARTS) is 1. The van der Waals surface area contributed by atoms with Gasteiger partial charge in [-0.15, -0.1) is 12.4 Å². The second-order valence-corrected chi connectivity index (χ2v) is 5.29. The quantitative estimate of drug-likeness (QED) is 0.783. The summed E-state index contributed by atoms with van der Waals surface area (Å²) in [5.41, 5.74) is 1.26. The number of nitrogens with zero attached hydrogens (tertiary/aromatic N) is 1. The molecule has 0 spiro atoms. The van der Waals surface area contributed by atoms with Crippen molar-refractivity contribution in [2.24, 2.45) is 0 Å². The van der Waals surface area contributed by atoms with Crippen LogP contribution in [0.3, 0.4) is 0 Å². The lowest BCUT2D eigenvalue weighted by molar-refractivity contribution is -0.137. The monoisotopic (exact) mass is 313 g/mol. The Labute approximate surface area is 132 Å². The van der Waals surface area contributed by atoms with Crippen LogP contribution in [-0.2, 0) is 4.79 Å². The molecule has 21 heavy (non-hydrogen) atoms. The summed E-state index contributed by atoms with van der Waals surface area (Å²) in [6, 6.07) is 8.61. The van der Waals surface area contributed by atoms with Gasteiger partial charge in [0.15, 0.2) is 0 Å². The molecular weight excluding hydrogens is 290 g/mol. The third-order valence-corrected chi connectivity index (χ3v) is 3.95. The zero-order chi connectivity index (χ0) is 14.4. The van der Waals surface area contributed by atoms with E-state index in [-0.39, 0.29) is 18.8 Å². The van der Waals surface area contributed by atoms with E-state index in [9.17, 15) is 4.79 Å². The summed E-state index contributed by atoms with van der Waals surface area (Å²) >= 11 is 0. The fourth-order valence-corrected chi connectivity index (χ4v) is 2.98. The molecule has 1 aliphatic rings. The number of hydrogen-bond donors (Lipinski definition) is 1. The van der Waals surface area contributed by atoms with Crippen molar-refractivity contribution >= 4 is 18.4 Å². The van der Waals surface area contributed by atoms with Crippen LogP contribution < -0.4 is 4.74 Å². The Morgan fingerprint density at radius 1 is 1.38 bits per heavy atom. The number of likely N-dealkylation sites (tertiary alicyclic amines) is 1. The van der Waals surface area contributed by atoms with Gasteiger partial charge in [0.05, 0.1) is 7.11 Å². The molecule has 118 valence electrons. The summed E-state index contributed by atoms with van der Waals surface area (Å²) in [7, 11) is 1.71. The van der Waals surface area contributed by atoms with Crippen LogP contribution in [0.2, 0.25) is 0 Å². The van der Waals surface area contributed by atoms with Gasteiger partial charge in [-0.3, -0.25) is 9.69 Å². The van der Waals surface area contributed by atoms with Crippen molar-refractivity contribution in [3.63, 3.8) is 0 Å². The first-order chi connectivity index (χ1) is 9.72. The molecule has 5 heteroatoms. The Bertz CT molecular complexity index is 453. The molecule has 1 aromatic rings. The molecule has 1 aliphatic heterocycles. The highest BCUT2D eigenvalue weighted by molar-refractivity contribution is 5.85. The lowest BCUT2D eigenvalue weighted by atomic mass is 10.0. The minimum atomic E-state index is -0.701. The lowest BCUT2D eigenvalue weighted by Gasteiger charge is -2.26. The van der Waals surface area contributed by atoms with Gasteiger partial charge in [0.25, 0.3) is 0 Å². The second kappa shape index (κ2) is 8.90. The van der Waals surface area contributed by atoms with Gasteiger partial charge in [-0.05, 0) is 44.8 Å². The summed E-state index contributed by atoms with van der Waals surface area (Å²) in [6.07, 6.45) is 4.32. The minimum absolute atomic E-state index is 0. The van der Waals surface area contributed by atoms with Crippen LogP contribution in [0.25, 0.3) is 0 Å². The number of ether oxygens (including phenoxy) is 1. The number of methoxy groups -OCH3 is 1. The van der Waals surface area contributed by atoms with Gasteiger partial charge in [-0.1, -0.05) is 18.2 Å². The molecule has 1 atom stereocenters. The average molecular weight is 314 g/mol. The van der Waals surface area contributed by atoms with E-state index in [1.165, 1.54) is 12.0 Å². The summed E-state index contributed by atoms with van der Waals surface area (Å²) in [5, 5.41) is 8.67. The van der Waals surface area contributed by atoms with Gasteiger partial charge in [-0.25, -0.2) is 0 Å². The molecule has 1 aromatic carbocycles. The standard InChI is InChI=1S/C16H23NO3.ClH/c1-20-15-9-3-2-7-13(15)14-8-6-12-17(14)11-5-4-10-16(18)19;/h2-3,7,9,14H,4-6,8,10-12H2,1H3,(H,18,19);1H. The zero-order valence-corrected chi connectivity index (χ0v) is 13.3. The molecule has 0 radical (unpaired) electrons. The van der Waals surface area contributed by atoms with E-state index < -0.39 is 5.97 Å². The van der Waals surface area contributed by atoms with Gasteiger partial charge in [-0.2, -0.15) is 0 Å². The van der Waals surface area contributed by atoms with Gasteiger partial charge in [0.1, 0.15) is 5.75 Å². The van der Waals surface area contributed by atoms with Crippen LogP contribution in [0.15, 0.2) is 24.3 Å². The van der Waals surface area contributed by atoms with Crippen molar-refractivity contribution in [3.8, 4) is 5.75 Å². The SMILES string of the molecule is COc1ccccc1C1CCCN1CCCCC(=O)O.Cl. The summed E-state index contributed by atoms with van der Waals surface area (Å²) in [6.45, 7) is 2.06. The number of hydrogen-bond acceptors (Lipinski definition) is 3. The molecule has 0 saturated carbocycles. The maximum absolute atomic E-state index is 10.5. The maximum atomic E-state index is 10.5. The van der Waals surface area contributed by atoms with Gasteiger partial charge in [0, 0.05) is 18.0 Å². The third-order valence-electron chi connectivity index (χ3n) is 3.95. The number of para-hydroxylation sites is 1. The summed E-state index contributed by atoms with van der Waals surface area (Å²) in [4.78, 5) is 13.0. The molecule has 4 nitrogen and oxygen atoms in total. The Hall–Kier alpha value is -1.26. The van der Waals surface area contributed by atoms with E-state index in [1.54, 1.807) is 7.11 Å². The minimum Gasteiger partial charge on any atom is -0.496 e. The van der Waals surface area contributed by atoms with Crippen LogP contribution in [0, 0.1) is 0 Å². The molecule has 1 N–H and O–H groups in total. The number of carboxylic acids is 1. The predicted molar refractivity (Wildman–Crippen MR) is 85.3 cm³/mol. The highest BCUT2D eigenvalue weighted by atomic mass is 35.5. The fourth-order valence-electron chi connectivity index (χ4n) is 2.98. The highest BCUT2D eigenvalue weighted by Crippen LogP contribution is 2.36. The highest BCUT2D eigenvalue weighted by Gasteiger charge is 2.27. The number of halogens is 1. The van der Waals surface area contributed by atoms with Crippen molar-refractivity contribution in [2.75, 3.05) is 20.2 Å². The van der Waals surface area contributed by atoms with E-state index in [2.05, 4.69) is 17.0 Å². The molecule has 1 fully saturated rings. The van der Waals surface area contributed by atoms with Crippen molar-refractivity contribution in [1.82, 2.24) is 4.90 Å². The third kappa shape index (κ3) is 4.90. The molecule has 0 amide bonds. The zero-order valence-electron chi connectivity index (χ0n) is 12.5. The number of aliphatic carboxylic acids is 1. The van der Waals surface area contributed by atoms with Crippen LogP contribution in [0.1, 0.15) is 43.7 Å². The number of carbonyl (C=O) groups is 1. The Morgan fingerprint density at radius 2 is 2.14 bits per heavy atom. The Balaban J connectivity index is 0.00000220. The number of rotatable bonds is 7. The van der Waals surface area contributed by atoms with E-state index in [0.29, 0.717) is 6.04 Å². The molecule has 0 bridgehead atoms. The molecule has 2 rings (SSSR count). The Morgan fingerprint density at radius 3 is 2.86 bits per heavy atom. The van der Waals surface area contributed by atoms with Gasteiger partial charge >= 0.3 is 5.97 Å². The smallest absolute Gasteiger partial charge is 0.303 e. The second-order valence-electron chi connectivity index (χ2n) is 5.29.